The lowest BCUT2D eigenvalue weighted by Gasteiger charge is -2.19. The third-order valence-corrected chi connectivity index (χ3v) is 3.14. The summed E-state index contributed by atoms with van der Waals surface area (Å²) < 4.78 is 12.9. The molecule has 1 N–H and O–H groups in total. The van der Waals surface area contributed by atoms with Gasteiger partial charge in [0.25, 0.3) is 5.91 Å². The van der Waals surface area contributed by atoms with Crippen LogP contribution in [0.25, 0.3) is 0 Å². The minimum Gasteiger partial charge on any atom is -0.375 e. The zero-order valence-electron chi connectivity index (χ0n) is 11.9. The lowest BCUT2D eigenvalue weighted by molar-refractivity contribution is 0.0952. The summed E-state index contributed by atoms with van der Waals surface area (Å²) in [6, 6.07) is 12.7. The number of rotatable bonds is 6. The Hall–Kier alpha value is -2.43. The van der Waals surface area contributed by atoms with E-state index in [2.05, 4.69) is 15.2 Å². The molecule has 0 bridgehead atoms. The van der Waals surface area contributed by atoms with Crippen LogP contribution in [0.5, 0.6) is 0 Å². The van der Waals surface area contributed by atoms with Crippen molar-refractivity contribution in [3.63, 3.8) is 0 Å². The summed E-state index contributed by atoms with van der Waals surface area (Å²) in [5.41, 5.74) is 1.43. The van der Waals surface area contributed by atoms with Crippen molar-refractivity contribution in [3.8, 4) is 0 Å². The van der Waals surface area contributed by atoms with Gasteiger partial charge in [-0.1, -0.05) is 18.2 Å². The van der Waals surface area contributed by atoms with Gasteiger partial charge in [-0.2, -0.15) is 4.39 Å². The van der Waals surface area contributed by atoms with Crippen molar-refractivity contribution in [2.24, 2.45) is 0 Å². The molecular formula is C16H18FN3O. The zero-order chi connectivity index (χ0) is 15.1. The van der Waals surface area contributed by atoms with Gasteiger partial charge in [0.15, 0.2) is 0 Å². The Morgan fingerprint density at radius 1 is 1.29 bits per heavy atom. The van der Waals surface area contributed by atoms with Gasteiger partial charge in [0, 0.05) is 43.7 Å². The molecule has 0 aliphatic carbocycles. The van der Waals surface area contributed by atoms with Gasteiger partial charge in [0.2, 0.25) is 5.95 Å². The van der Waals surface area contributed by atoms with Crippen LogP contribution in [0.2, 0.25) is 0 Å². The van der Waals surface area contributed by atoms with Gasteiger partial charge in [0.1, 0.15) is 0 Å². The maximum atomic E-state index is 12.9. The molecule has 1 amide bonds. The minimum absolute atomic E-state index is 0.279. The third-order valence-electron chi connectivity index (χ3n) is 3.14. The maximum absolute atomic E-state index is 12.9. The van der Waals surface area contributed by atoms with Gasteiger partial charge >= 0.3 is 0 Å². The normalized spacial score (nSPS) is 10.2. The first-order valence-corrected chi connectivity index (χ1v) is 6.83. The third kappa shape index (κ3) is 4.56. The average Bonchev–Trinajstić information content (AvgIpc) is 2.52. The highest BCUT2D eigenvalue weighted by Crippen LogP contribution is 2.10. The first kappa shape index (κ1) is 15.0. The van der Waals surface area contributed by atoms with Gasteiger partial charge in [-0.05, 0) is 24.6 Å². The topological polar surface area (TPSA) is 45.2 Å². The number of anilines is 1. The molecule has 0 fully saturated rings. The molecule has 0 radical (unpaired) electrons. The van der Waals surface area contributed by atoms with Crippen LogP contribution in [0.4, 0.5) is 10.1 Å². The number of nitrogens with one attached hydrogen (secondary N) is 1. The lowest BCUT2D eigenvalue weighted by Crippen LogP contribution is -2.28. The summed E-state index contributed by atoms with van der Waals surface area (Å²) >= 11 is 0. The molecule has 1 heterocycles. The van der Waals surface area contributed by atoms with E-state index >= 15 is 0 Å². The molecule has 5 heteroatoms. The fourth-order valence-corrected chi connectivity index (χ4v) is 1.98. The van der Waals surface area contributed by atoms with Crippen LogP contribution in [-0.4, -0.2) is 31.0 Å². The molecule has 0 unspecified atom stereocenters. The van der Waals surface area contributed by atoms with Crippen LogP contribution in [0, 0.1) is 5.95 Å². The molecule has 1 aromatic carbocycles. The fraction of sp³-hybridized carbons (Fsp3) is 0.250. The van der Waals surface area contributed by atoms with E-state index in [9.17, 15) is 9.18 Å². The molecule has 0 atom stereocenters. The van der Waals surface area contributed by atoms with Gasteiger partial charge in [-0.25, -0.2) is 4.98 Å². The fourth-order valence-electron chi connectivity index (χ4n) is 1.98. The molecule has 0 aliphatic heterocycles. The molecule has 21 heavy (non-hydrogen) atoms. The Morgan fingerprint density at radius 3 is 2.76 bits per heavy atom. The van der Waals surface area contributed by atoms with Crippen LogP contribution in [-0.2, 0) is 0 Å². The standard InChI is InChI=1S/C16H18FN3O/c1-20(14-6-3-2-4-7-14)11-5-9-19-16(21)13-8-10-18-15(17)12-13/h2-4,6-8,10,12H,5,9,11H2,1H3,(H,19,21). The quantitative estimate of drug-likeness (QED) is 0.656. The maximum Gasteiger partial charge on any atom is 0.251 e. The summed E-state index contributed by atoms with van der Waals surface area (Å²) in [5.74, 6) is -0.926. The number of carbonyl (C=O) groups is 1. The summed E-state index contributed by atoms with van der Waals surface area (Å²) in [6.07, 6.45) is 2.10. The largest absolute Gasteiger partial charge is 0.375 e. The first-order chi connectivity index (χ1) is 10.2. The Kier molecular flexibility index (Phi) is 5.26. The number of aromatic nitrogens is 1. The van der Waals surface area contributed by atoms with E-state index in [1.54, 1.807) is 0 Å². The van der Waals surface area contributed by atoms with Gasteiger partial charge < -0.3 is 10.2 Å². The van der Waals surface area contributed by atoms with Crippen molar-refractivity contribution in [2.45, 2.75) is 6.42 Å². The second-order valence-electron chi connectivity index (χ2n) is 4.73. The van der Waals surface area contributed by atoms with Crippen LogP contribution >= 0.6 is 0 Å². The number of nitrogens with zero attached hydrogens (tertiary/aromatic N) is 2. The van der Waals surface area contributed by atoms with Crippen LogP contribution in [0.1, 0.15) is 16.8 Å². The van der Waals surface area contributed by atoms with Gasteiger partial charge in [-0.15, -0.1) is 0 Å². The van der Waals surface area contributed by atoms with Gasteiger partial charge in [-0.3, -0.25) is 4.79 Å². The number of benzene rings is 1. The molecule has 2 rings (SSSR count). The van der Waals surface area contributed by atoms with Crippen LogP contribution in [0.3, 0.4) is 0 Å². The molecule has 1 aromatic heterocycles. The highest BCUT2D eigenvalue weighted by Gasteiger charge is 2.06. The van der Waals surface area contributed by atoms with E-state index in [0.29, 0.717) is 12.1 Å². The molecule has 2 aromatic rings. The lowest BCUT2D eigenvalue weighted by atomic mass is 10.2. The predicted octanol–water partition coefficient (Wildman–Crippen LogP) is 2.48. The highest BCUT2D eigenvalue weighted by atomic mass is 19.1. The van der Waals surface area contributed by atoms with Crippen molar-refractivity contribution in [1.29, 1.82) is 0 Å². The molecule has 0 saturated heterocycles. The van der Waals surface area contributed by atoms with Crippen LogP contribution < -0.4 is 10.2 Å². The number of amides is 1. The van der Waals surface area contributed by atoms with E-state index in [-0.39, 0.29) is 5.91 Å². The second kappa shape index (κ2) is 7.38. The number of para-hydroxylation sites is 1. The molecular weight excluding hydrogens is 269 g/mol. The van der Waals surface area contributed by atoms with Crippen molar-refractivity contribution >= 4 is 11.6 Å². The SMILES string of the molecule is CN(CCCNC(=O)c1ccnc(F)c1)c1ccccc1. The van der Waals surface area contributed by atoms with E-state index in [1.165, 1.54) is 12.3 Å². The summed E-state index contributed by atoms with van der Waals surface area (Å²) in [7, 11) is 2.01. The van der Waals surface area contributed by atoms with Crippen molar-refractivity contribution < 1.29 is 9.18 Å². The Morgan fingerprint density at radius 2 is 2.05 bits per heavy atom. The van der Waals surface area contributed by atoms with Crippen molar-refractivity contribution in [2.75, 3.05) is 25.0 Å². The minimum atomic E-state index is -0.647. The predicted molar refractivity (Wildman–Crippen MR) is 80.9 cm³/mol. The van der Waals surface area contributed by atoms with E-state index < -0.39 is 5.95 Å². The zero-order valence-corrected chi connectivity index (χ0v) is 11.9. The van der Waals surface area contributed by atoms with Crippen molar-refractivity contribution in [3.05, 3.63) is 60.2 Å². The molecule has 0 aliphatic rings. The van der Waals surface area contributed by atoms with Gasteiger partial charge in [0.05, 0.1) is 0 Å². The number of pyridine rings is 1. The Balaban J connectivity index is 1.74. The second-order valence-corrected chi connectivity index (χ2v) is 4.73. The van der Waals surface area contributed by atoms with E-state index in [1.807, 2.05) is 37.4 Å². The molecule has 110 valence electrons. The molecule has 0 spiro atoms. The monoisotopic (exact) mass is 287 g/mol. The number of halogens is 1. The van der Waals surface area contributed by atoms with Crippen molar-refractivity contribution in [1.82, 2.24) is 10.3 Å². The molecule has 0 saturated carbocycles. The summed E-state index contributed by atoms with van der Waals surface area (Å²) in [4.78, 5) is 17.3. The smallest absolute Gasteiger partial charge is 0.251 e. The van der Waals surface area contributed by atoms with Crippen LogP contribution in [0.15, 0.2) is 48.7 Å². The summed E-state index contributed by atoms with van der Waals surface area (Å²) in [5, 5.41) is 2.77. The van der Waals surface area contributed by atoms with E-state index in [4.69, 9.17) is 0 Å². The average molecular weight is 287 g/mol. The number of hydrogen-bond acceptors (Lipinski definition) is 3. The number of carbonyl (C=O) groups excluding carboxylic acids is 1. The highest BCUT2D eigenvalue weighted by molar-refractivity contribution is 5.93. The van der Waals surface area contributed by atoms with E-state index in [0.717, 1.165) is 24.7 Å². The summed E-state index contributed by atoms with van der Waals surface area (Å²) in [6.45, 7) is 1.37. The Bertz CT molecular complexity index is 589. The Labute approximate surface area is 123 Å². The molecule has 4 nitrogen and oxygen atoms in total. The number of hydrogen-bond donors (Lipinski definition) is 1. The first-order valence-electron chi connectivity index (χ1n) is 6.83.